The van der Waals surface area contributed by atoms with Crippen molar-refractivity contribution in [3.05, 3.63) is 41.9 Å². The van der Waals surface area contributed by atoms with Crippen molar-refractivity contribution < 1.29 is 4.74 Å². The second-order valence-corrected chi connectivity index (χ2v) is 6.84. The summed E-state index contributed by atoms with van der Waals surface area (Å²) in [7, 11) is 0. The Labute approximate surface area is 148 Å². The van der Waals surface area contributed by atoms with E-state index < -0.39 is 0 Å². The lowest BCUT2D eigenvalue weighted by atomic mass is 9.90. The maximum atomic E-state index is 5.81. The first-order valence-corrected chi connectivity index (χ1v) is 9.14. The maximum absolute atomic E-state index is 5.81. The minimum atomic E-state index is 0.448. The molecule has 25 heavy (non-hydrogen) atoms. The number of allylic oxidation sites excluding steroid dienone is 1. The fraction of sp³-hybridized carbons (Fsp3) is 0.450. The molecular weight excluding hydrogens is 312 g/mol. The molecule has 2 aliphatic rings. The normalized spacial score (nSPS) is 20.2. The van der Waals surface area contributed by atoms with Crippen LogP contribution in [-0.4, -0.2) is 35.4 Å². The highest BCUT2D eigenvalue weighted by atomic mass is 16.5. The summed E-state index contributed by atoms with van der Waals surface area (Å²) in [5.41, 5.74) is 10.6. The Bertz CT molecular complexity index is 804. The quantitative estimate of drug-likeness (QED) is 0.868. The molecule has 1 saturated heterocycles. The van der Waals surface area contributed by atoms with Crippen LogP contribution in [0.3, 0.4) is 0 Å². The summed E-state index contributed by atoms with van der Waals surface area (Å²) in [5.74, 6) is 0.502. The van der Waals surface area contributed by atoms with Crippen LogP contribution in [0, 0.1) is 0 Å². The largest absolute Gasteiger partial charge is 0.404 e. The molecule has 1 aliphatic heterocycles. The van der Waals surface area contributed by atoms with Crippen molar-refractivity contribution in [3.8, 4) is 0 Å². The van der Waals surface area contributed by atoms with Crippen molar-refractivity contribution >= 4 is 22.8 Å². The fourth-order valence-corrected chi connectivity index (χ4v) is 3.46. The first kappa shape index (κ1) is 16.2. The average Bonchev–Trinajstić information content (AvgIpc) is 2.63. The Balaban J connectivity index is 1.64. The van der Waals surface area contributed by atoms with Gasteiger partial charge in [0, 0.05) is 37.2 Å². The van der Waals surface area contributed by atoms with Crippen molar-refractivity contribution in [1.29, 1.82) is 0 Å². The highest BCUT2D eigenvalue weighted by molar-refractivity contribution is 6.09. The van der Waals surface area contributed by atoms with Crippen LogP contribution < -0.4 is 5.73 Å². The molecule has 2 fully saturated rings. The van der Waals surface area contributed by atoms with Gasteiger partial charge in [0.1, 0.15) is 0 Å². The number of aromatic nitrogens is 2. The summed E-state index contributed by atoms with van der Waals surface area (Å²) >= 11 is 0. The van der Waals surface area contributed by atoms with Gasteiger partial charge in [-0.15, -0.1) is 0 Å². The Morgan fingerprint density at radius 2 is 2.04 bits per heavy atom. The van der Waals surface area contributed by atoms with E-state index in [-0.39, 0.29) is 0 Å². The number of ether oxygens (including phenoxy) is 1. The topological polar surface area (TPSA) is 73.4 Å². The van der Waals surface area contributed by atoms with Gasteiger partial charge in [0.05, 0.1) is 22.9 Å². The third-order valence-electron chi connectivity index (χ3n) is 5.24. The number of nitrogens with two attached hydrogens (primary N) is 1. The van der Waals surface area contributed by atoms with Gasteiger partial charge in [-0.1, -0.05) is 12.1 Å². The molecule has 0 amide bonds. The molecule has 130 valence electrons. The summed E-state index contributed by atoms with van der Waals surface area (Å²) in [6.07, 6.45) is 10.9. The van der Waals surface area contributed by atoms with E-state index >= 15 is 0 Å². The molecule has 1 aromatic heterocycles. The first-order chi connectivity index (χ1) is 12.3. The molecule has 4 rings (SSSR count). The van der Waals surface area contributed by atoms with Gasteiger partial charge in [-0.2, -0.15) is 0 Å². The molecule has 0 atom stereocenters. The van der Waals surface area contributed by atoms with E-state index in [1.807, 2.05) is 18.5 Å². The molecule has 0 radical (unpaired) electrons. The third-order valence-corrected chi connectivity index (χ3v) is 5.24. The predicted molar refractivity (Wildman–Crippen MR) is 101 cm³/mol. The SMILES string of the molecule is NC=C(C=NC1CCC1)c1cnc2c(C3CCOCC3)cccc2n1. The van der Waals surface area contributed by atoms with Crippen LogP contribution in [0.25, 0.3) is 16.6 Å². The van der Waals surface area contributed by atoms with E-state index in [0.717, 1.165) is 48.4 Å². The van der Waals surface area contributed by atoms with E-state index in [1.54, 1.807) is 6.20 Å². The number of hydrogen-bond acceptors (Lipinski definition) is 5. The molecule has 0 unspecified atom stereocenters. The van der Waals surface area contributed by atoms with Gasteiger partial charge in [0.2, 0.25) is 0 Å². The first-order valence-electron chi connectivity index (χ1n) is 9.14. The molecule has 2 N–H and O–H groups in total. The van der Waals surface area contributed by atoms with E-state index in [0.29, 0.717) is 12.0 Å². The zero-order valence-corrected chi connectivity index (χ0v) is 14.4. The molecule has 2 heterocycles. The Hall–Kier alpha value is -2.27. The Kier molecular flexibility index (Phi) is 4.74. The number of hydrogen-bond donors (Lipinski definition) is 1. The maximum Gasteiger partial charge on any atom is 0.0922 e. The van der Waals surface area contributed by atoms with Crippen molar-refractivity contribution in [1.82, 2.24) is 9.97 Å². The minimum Gasteiger partial charge on any atom is -0.404 e. The van der Waals surface area contributed by atoms with Crippen molar-refractivity contribution in [2.24, 2.45) is 10.7 Å². The van der Waals surface area contributed by atoms with E-state index in [1.165, 1.54) is 24.8 Å². The van der Waals surface area contributed by atoms with Gasteiger partial charge in [0.25, 0.3) is 0 Å². The van der Waals surface area contributed by atoms with Crippen molar-refractivity contribution in [2.45, 2.75) is 44.1 Å². The standard InChI is InChI=1S/C20H24N4O/c21-11-15(12-22-16-3-1-4-16)19-13-23-20-17(5-2-6-18(20)24-19)14-7-9-25-10-8-14/h2,5-6,11-14,16H,1,3-4,7-10,21H2. The number of rotatable bonds is 4. The highest BCUT2D eigenvalue weighted by Gasteiger charge is 2.19. The second-order valence-electron chi connectivity index (χ2n) is 6.84. The van der Waals surface area contributed by atoms with Gasteiger partial charge in [-0.05, 0) is 49.7 Å². The van der Waals surface area contributed by atoms with E-state index in [2.05, 4.69) is 17.1 Å². The summed E-state index contributed by atoms with van der Waals surface area (Å²) in [6, 6.07) is 6.71. The summed E-state index contributed by atoms with van der Waals surface area (Å²) in [4.78, 5) is 14.1. The zero-order valence-electron chi connectivity index (χ0n) is 14.4. The van der Waals surface area contributed by atoms with Crippen molar-refractivity contribution in [3.63, 3.8) is 0 Å². The van der Waals surface area contributed by atoms with Crippen LogP contribution in [0.15, 0.2) is 35.6 Å². The predicted octanol–water partition coefficient (Wildman–Crippen LogP) is 3.45. The number of nitrogens with zero attached hydrogens (tertiary/aromatic N) is 3. The summed E-state index contributed by atoms with van der Waals surface area (Å²) < 4.78 is 5.49. The van der Waals surface area contributed by atoms with Crippen LogP contribution in [0.1, 0.15) is 49.3 Å². The van der Waals surface area contributed by atoms with Gasteiger partial charge < -0.3 is 10.5 Å². The number of fused-ring (bicyclic) bond motifs is 1. The lowest BCUT2D eigenvalue weighted by Crippen LogP contribution is -2.15. The molecule has 1 aromatic carbocycles. The summed E-state index contributed by atoms with van der Waals surface area (Å²) in [5, 5.41) is 0. The number of benzene rings is 1. The molecule has 0 bridgehead atoms. The molecule has 5 heteroatoms. The van der Waals surface area contributed by atoms with E-state index in [4.69, 9.17) is 20.4 Å². The molecule has 2 aromatic rings. The molecule has 5 nitrogen and oxygen atoms in total. The third kappa shape index (κ3) is 3.42. The zero-order chi connectivity index (χ0) is 17.1. The molecule has 1 aliphatic carbocycles. The van der Waals surface area contributed by atoms with Crippen LogP contribution in [0.4, 0.5) is 0 Å². The second kappa shape index (κ2) is 7.31. The van der Waals surface area contributed by atoms with Crippen LogP contribution >= 0.6 is 0 Å². The van der Waals surface area contributed by atoms with Crippen LogP contribution in [0.2, 0.25) is 0 Å². The molecule has 1 saturated carbocycles. The Morgan fingerprint density at radius 1 is 1.20 bits per heavy atom. The summed E-state index contributed by atoms with van der Waals surface area (Å²) in [6.45, 7) is 1.65. The lowest BCUT2D eigenvalue weighted by molar-refractivity contribution is 0.0856. The van der Waals surface area contributed by atoms with Crippen LogP contribution in [0.5, 0.6) is 0 Å². The number of aliphatic imine (C=N–C) groups is 1. The van der Waals surface area contributed by atoms with Gasteiger partial charge in [-0.3, -0.25) is 9.98 Å². The highest BCUT2D eigenvalue weighted by Crippen LogP contribution is 2.31. The number of para-hydroxylation sites is 1. The van der Waals surface area contributed by atoms with Crippen molar-refractivity contribution in [2.75, 3.05) is 13.2 Å². The van der Waals surface area contributed by atoms with Gasteiger partial charge in [-0.25, -0.2) is 4.98 Å². The Morgan fingerprint density at radius 3 is 2.76 bits per heavy atom. The molecular formula is C20H24N4O. The van der Waals surface area contributed by atoms with Gasteiger partial charge >= 0.3 is 0 Å². The van der Waals surface area contributed by atoms with Gasteiger partial charge in [0.15, 0.2) is 0 Å². The molecule has 0 spiro atoms. The monoisotopic (exact) mass is 336 g/mol. The smallest absolute Gasteiger partial charge is 0.0922 e. The minimum absolute atomic E-state index is 0.448. The lowest BCUT2D eigenvalue weighted by Gasteiger charge is -2.23. The van der Waals surface area contributed by atoms with E-state index in [9.17, 15) is 0 Å². The van der Waals surface area contributed by atoms with Crippen LogP contribution in [-0.2, 0) is 4.74 Å². The average molecular weight is 336 g/mol. The fourth-order valence-electron chi connectivity index (χ4n) is 3.46.